The molecule has 2 N–H and O–H groups in total. The first-order chi connectivity index (χ1) is 12.1. The number of carbonyl (C=O) groups excluding carboxylic acids is 2. The third-order valence-electron chi connectivity index (χ3n) is 5.28. The predicted molar refractivity (Wildman–Crippen MR) is 93.6 cm³/mol. The van der Waals surface area contributed by atoms with Gasteiger partial charge in [-0.05, 0) is 37.1 Å². The Labute approximate surface area is 148 Å². The van der Waals surface area contributed by atoms with E-state index in [1.54, 1.807) is 12.1 Å². The highest BCUT2D eigenvalue weighted by atomic mass is 19.1. The van der Waals surface area contributed by atoms with Crippen molar-refractivity contribution >= 4 is 11.8 Å². The van der Waals surface area contributed by atoms with Gasteiger partial charge in [0.1, 0.15) is 5.82 Å². The van der Waals surface area contributed by atoms with Crippen LogP contribution >= 0.6 is 0 Å². The van der Waals surface area contributed by atoms with Gasteiger partial charge in [0.2, 0.25) is 11.8 Å². The SMILES string of the molecule is CC(=O)NCC(=O)N1C[C@@H](c2cccc(F)c2)[C@@H]2NCCCCC[C@H]21. The number of fused-ring (bicyclic) bond motifs is 1. The summed E-state index contributed by atoms with van der Waals surface area (Å²) in [4.78, 5) is 25.7. The molecule has 0 unspecified atom stereocenters. The number of benzene rings is 1. The predicted octanol–water partition coefficient (Wildman–Crippen LogP) is 1.79. The summed E-state index contributed by atoms with van der Waals surface area (Å²) in [5, 5.41) is 6.20. The molecule has 1 aromatic carbocycles. The Balaban J connectivity index is 1.83. The van der Waals surface area contributed by atoms with Gasteiger partial charge in [0, 0.05) is 31.5 Å². The van der Waals surface area contributed by atoms with Gasteiger partial charge < -0.3 is 15.5 Å². The Bertz CT molecular complexity index is 637. The fourth-order valence-corrected chi connectivity index (χ4v) is 4.10. The van der Waals surface area contributed by atoms with E-state index < -0.39 is 0 Å². The van der Waals surface area contributed by atoms with Crippen LogP contribution in [0.4, 0.5) is 4.39 Å². The van der Waals surface area contributed by atoms with E-state index in [4.69, 9.17) is 0 Å². The number of nitrogens with one attached hydrogen (secondary N) is 2. The van der Waals surface area contributed by atoms with Gasteiger partial charge in [-0.15, -0.1) is 0 Å². The van der Waals surface area contributed by atoms with Crippen molar-refractivity contribution in [3.8, 4) is 0 Å². The molecule has 2 amide bonds. The van der Waals surface area contributed by atoms with Gasteiger partial charge in [-0.3, -0.25) is 9.59 Å². The Hall–Kier alpha value is -1.95. The highest BCUT2D eigenvalue weighted by Gasteiger charge is 2.44. The van der Waals surface area contributed by atoms with Crippen molar-refractivity contribution in [1.29, 1.82) is 0 Å². The number of carbonyl (C=O) groups is 2. The maximum absolute atomic E-state index is 13.7. The molecule has 2 aliphatic rings. The lowest BCUT2D eigenvalue weighted by Gasteiger charge is -2.31. The standard InChI is InChI=1S/C19H26FN3O2/c1-13(24)22-11-18(25)23-12-16(14-6-5-7-15(20)10-14)19-17(23)8-3-2-4-9-21-19/h5-7,10,16-17,19,21H,2-4,8-9,11-12H2,1H3,(H,22,24)/t16-,17+,19-/m0/s1. The van der Waals surface area contributed by atoms with E-state index in [-0.39, 0.29) is 42.2 Å². The van der Waals surface area contributed by atoms with Gasteiger partial charge in [-0.25, -0.2) is 4.39 Å². The van der Waals surface area contributed by atoms with E-state index in [1.165, 1.54) is 13.0 Å². The average molecular weight is 347 g/mol. The molecule has 2 saturated heterocycles. The molecule has 0 saturated carbocycles. The molecule has 2 aliphatic heterocycles. The van der Waals surface area contributed by atoms with E-state index in [0.29, 0.717) is 6.54 Å². The first-order valence-corrected chi connectivity index (χ1v) is 9.09. The summed E-state index contributed by atoms with van der Waals surface area (Å²) in [6, 6.07) is 6.90. The minimum absolute atomic E-state index is 0.0222. The fraction of sp³-hybridized carbons (Fsp3) is 0.579. The van der Waals surface area contributed by atoms with Crippen molar-refractivity contribution in [3.63, 3.8) is 0 Å². The molecule has 0 bridgehead atoms. The molecule has 3 rings (SSSR count). The summed E-state index contributed by atoms with van der Waals surface area (Å²) < 4.78 is 13.7. The van der Waals surface area contributed by atoms with E-state index >= 15 is 0 Å². The zero-order valence-electron chi connectivity index (χ0n) is 14.6. The molecule has 6 heteroatoms. The second-order valence-electron chi connectivity index (χ2n) is 7.01. The maximum atomic E-state index is 13.7. The van der Waals surface area contributed by atoms with E-state index in [9.17, 15) is 14.0 Å². The van der Waals surface area contributed by atoms with Crippen molar-refractivity contribution in [2.45, 2.75) is 50.6 Å². The van der Waals surface area contributed by atoms with E-state index in [2.05, 4.69) is 10.6 Å². The summed E-state index contributed by atoms with van der Waals surface area (Å²) in [7, 11) is 0. The minimum atomic E-state index is -0.247. The van der Waals surface area contributed by atoms with Gasteiger partial charge in [0.05, 0.1) is 6.54 Å². The second kappa shape index (κ2) is 7.95. The zero-order valence-corrected chi connectivity index (χ0v) is 14.6. The van der Waals surface area contributed by atoms with Gasteiger partial charge >= 0.3 is 0 Å². The topological polar surface area (TPSA) is 61.4 Å². The molecule has 136 valence electrons. The lowest BCUT2D eigenvalue weighted by atomic mass is 9.88. The lowest BCUT2D eigenvalue weighted by molar-refractivity contribution is -0.133. The number of rotatable bonds is 3. The maximum Gasteiger partial charge on any atom is 0.242 e. The van der Waals surface area contributed by atoms with Gasteiger partial charge in [-0.2, -0.15) is 0 Å². The van der Waals surface area contributed by atoms with Crippen LogP contribution in [0.25, 0.3) is 0 Å². The highest BCUT2D eigenvalue weighted by Crippen LogP contribution is 2.35. The van der Waals surface area contributed by atoms with E-state index in [0.717, 1.165) is 37.8 Å². The Morgan fingerprint density at radius 1 is 1.32 bits per heavy atom. The van der Waals surface area contributed by atoms with Crippen LogP contribution in [0.5, 0.6) is 0 Å². The third kappa shape index (κ3) is 4.18. The van der Waals surface area contributed by atoms with E-state index in [1.807, 2.05) is 11.0 Å². The number of hydrogen-bond acceptors (Lipinski definition) is 3. The quantitative estimate of drug-likeness (QED) is 0.876. The Morgan fingerprint density at radius 3 is 2.92 bits per heavy atom. The molecule has 0 radical (unpaired) electrons. The van der Waals surface area contributed by atoms with Crippen LogP contribution in [0.1, 0.15) is 44.1 Å². The molecule has 1 aromatic rings. The summed E-state index contributed by atoms with van der Waals surface area (Å²) >= 11 is 0. The zero-order chi connectivity index (χ0) is 17.8. The molecule has 0 aliphatic carbocycles. The van der Waals surface area contributed by atoms with Crippen molar-refractivity contribution < 1.29 is 14.0 Å². The molecular formula is C19H26FN3O2. The van der Waals surface area contributed by atoms with Crippen LogP contribution < -0.4 is 10.6 Å². The lowest BCUT2D eigenvalue weighted by Crippen LogP contribution is -2.49. The third-order valence-corrected chi connectivity index (χ3v) is 5.28. The molecule has 0 spiro atoms. The van der Waals surface area contributed by atoms with Crippen LogP contribution in [0.3, 0.4) is 0 Å². The number of amides is 2. The van der Waals surface area contributed by atoms with Crippen molar-refractivity contribution in [2.75, 3.05) is 19.6 Å². The molecule has 25 heavy (non-hydrogen) atoms. The first-order valence-electron chi connectivity index (χ1n) is 9.09. The summed E-state index contributed by atoms with van der Waals surface area (Å²) in [6.45, 7) is 2.91. The molecule has 2 fully saturated rings. The summed E-state index contributed by atoms with van der Waals surface area (Å²) in [6.07, 6.45) is 4.30. The van der Waals surface area contributed by atoms with Crippen LogP contribution in [-0.4, -0.2) is 48.4 Å². The van der Waals surface area contributed by atoms with Crippen LogP contribution in [0, 0.1) is 5.82 Å². The first kappa shape index (κ1) is 17.9. The molecule has 5 nitrogen and oxygen atoms in total. The number of nitrogens with zero attached hydrogens (tertiary/aromatic N) is 1. The van der Waals surface area contributed by atoms with Crippen molar-refractivity contribution in [2.24, 2.45) is 0 Å². The van der Waals surface area contributed by atoms with Crippen LogP contribution in [0.15, 0.2) is 24.3 Å². The Kier molecular flexibility index (Phi) is 5.68. The average Bonchev–Trinajstić information content (AvgIpc) is 2.90. The van der Waals surface area contributed by atoms with Gasteiger partial charge in [0.15, 0.2) is 0 Å². The number of halogens is 1. The summed E-state index contributed by atoms with van der Waals surface area (Å²) in [5.41, 5.74) is 0.929. The smallest absolute Gasteiger partial charge is 0.242 e. The second-order valence-corrected chi connectivity index (χ2v) is 7.01. The Morgan fingerprint density at radius 2 is 2.16 bits per heavy atom. The molecular weight excluding hydrogens is 321 g/mol. The monoisotopic (exact) mass is 347 g/mol. The molecule has 2 heterocycles. The van der Waals surface area contributed by atoms with Crippen molar-refractivity contribution in [1.82, 2.24) is 15.5 Å². The minimum Gasteiger partial charge on any atom is -0.347 e. The summed E-state index contributed by atoms with van der Waals surface area (Å²) in [5.74, 6) is -0.448. The largest absolute Gasteiger partial charge is 0.347 e. The van der Waals surface area contributed by atoms with Gasteiger partial charge in [0.25, 0.3) is 0 Å². The molecule has 3 atom stereocenters. The highest BCUT2D eigenvalue weighted by molar-refractivity contribution is 5.84. The number of likely N-dealkylation sites (tertiary alicyclic amines) is 1. The van der Waals surface area contributed by atoms with Crippen LogP contribution in [-0.2, 0) is 9.59 Å². The normalized spacial score (nSPS) is 26.5. The van der Waals surface area contributed by atoms with Crippen molar-refractivity contribution in [3.05, 3.63) is 35.6 Å². The van der Waals surface area contributed by atoms with Gasteiger partial charge in [-0.1, -0.05) is 25.0 Å². The van der Waals surface area contributed by atoms with Crippen LogP contribution in [0.2, 0.25) is 0 Å². The molecule has 0 aromatic heterocycles. The fourth-order valence-electron chi connectivity index (χ4n) is 4.10. The number of hydrogen-bond donors (Lipinski definition) is 2.